The summed E-state index contributed by atoms with van der Waals surface area (Å²) in [5.74, 6) is 1.61. The predicted molar refractivity (Wildman–Crippen MR) is 123 cm³/mol. The van der Waals surface area contributed by atoms with E-state index in [2.05, 4.69) is 37.9 Å². The van der Waals surface area contributed by atoms with Crippen LogP contribution in [0, 0.1) is 0 Å². The van der Waals surface area contributed by atoms with Crippen LogP contribution < -0.4 is 5.73 Å². The first-order valence-electron chi connectivity index (χ1n) is 11.7. The van der Waals surface area contributed by atoms with Crippen LogP contribution in [-0.4, -0.2) is 54.9 Å². The molecule has 3 fully saturated rings. The SMILES string of the molecule is Nc1nc2cc(-c3ccn[nH]3)ccc2c2c1nc(CN1CC3(CCCO3)C1)n2C1CCC1. The Morgan fingerprint density at radius 2 is 2.06 bits per heavy atom. The number of pyridine rings is 1. The molecule has 1 aromatic carbocycles. The van der Waals surface area contributed by atoms with Gasteiger partial charge in [-0.1, -0.05) is 6.07 Å². The molecule has 5 heterocycles. The number of fused-ring (bicyclic) bond motifs is 3. The van der Waals surface area contributed by atoms with E-state index in [1.165, 1.54) is 32.1 Å². The van der Waals surface area contributed by atoms with Gasteiger partial charge in [-0.3, -0.25) is 10.00 Å². The Balaban J connectivity index is 1.33. The van der Waals surface area contributed by atoms with Crippen molar-refractivity contribution in [1.82, 2.24) is 29.6 Å². The van der Waals surface area contributed by atoms with E-state index in [9.17, 15) is 0 Å². The van der Waals surface area contributed by atoms with E-state index in [1.807, 2.05) is 6.07 Å². The number of likely N-dealkylation sites (tertiary alicyclic amines) is 1. The number of aromatic nitrogens is 5. The molecule has 1 aliphatic carbocycles. The molecule has 2 aliphatic heterocycles. The van der Waals surface area contributed by atoms with Crippen LogP contribution in [0.15, 0.2) is 30.5 Å². The van der Waals surface area contributed by atoms with Gasteiger partial charge in [-0.25, -0.2) is 9.97 Å². The number of ether oxygens (including phenoxy) is 1. The van der Waals surface area contributed by atoms with Crippen LogP contribution in [0.3, 0.4) is 0 Å². The van der Waals surface area contributed by atoms with Crippen molar-refractivity contribution in [3.8, 4) is 11.3 Å². The molecule has 8 heteroatoms. The second-order valence-electron chi connectivity index (χ2n) is 9.66. The van der Waals surface area contributed by atoms with Gasteiger partial charge in [-0.15, -0.1) is 0 Å². The minimum Gasteiger partial charge on any atom is -0.382 e. The van der Waals surface area contributed by atoms with E-state index in [0.717, 1.165) is 65.3 Å². The number of nitrogen functional groups attached to an aromatic ring is 1. The molecular weight excluding hydrogens is 402 g/mol. The summed E-state index contributed by atoms with van der Waals surface area (Å²) in [6.45, 7) is 3.75. The fourth-order valence-corrected chi connectivity index (χ4v) is 5.74. The number of anilines is 1. The standard InChI is InChI=1S/C24H27N7O/c25-23-21-22(17-6-5-15(11-19(17)27-23)18-7-9-26-29-18)31(16-3-1-4-16)20(28-21)12-30-13-24(14-30)8-2-10-32-24/h5-7,9,11,16H,1-4,8,10,12-14H2,(H2,25,27)(H,26,29). The maximum Gasteiger partial charge on any atom is 0.152 e. The summed E-state index contributed by atoms with van der Waals surface area (Å²) < 4.78 is 8.49. The van der Waals surface area contributed by atoms with Crippen molar-refractivity contribution in [3.63, 3.8) is 0 Å². The molecule has 0 atom stereocenters. The first kappa shape index (κ1) is 18.6. The van der Waals surface area contributed by atoms with Crippen LogP contribution in [0.25, 0.3) is 33.2 Å². The van der Waals surface area contributed by atoms with Crippen molar-refractivity contribution >= 4 is 27.8 Å². The minimum atomic E-state index is 0.101. The summed E-state index contributed by atoms with van der Waals surface area (Å²) in [6.07, 6.45) is 7.79. The van der Waals surface area contributed by atoms with Gasteiger partial charge in [0.25, 0.3) is 0 Å². The fourth-order valence-electron chi connectivity index (χ4n) is 5.74. The van der Waals surface area contributed by atoms with Gasteiger partial charge in [0.1, 0.15) is 11.3 Å². The summed E-state index contributed by atoms with van der Waals surface area (Å²) in [7, 11) is 0. The highest BCUT2D eigenvalue weighted by Gasteiger charge is 2.46. The quantitative estimate of drug-likeness (QED) is 0.514. The number of benzene rings is 1. The number of aromatic amines is 1. The first-order valence-corrected chi connectivity index (χ1v) is 11.7. The summed E-state index contributed by atoms with van der Waals surface area (Å²) >= 11 is 0. The van der Waals surface area contributed by atoms with Crippen molar-refractivity contribution in [2.45, 2.75) is 50.3 Å². The van der Waals surface area contributed by atoms with E-state index in [4.69, 9.17) is 20.4 Å². The Hall–Kier alpha value is -2.97. The average molecular weight is 430 g/mol. The Morgan fingerprint density at radius 1 is 1.16 bits per heavy atom. The van der Waals surface area contributed by atoms with Crippen molar-refractivity contribution < 1.29 is 4.74 Å². The van der Waals surface area contributed by atoms with Crippen molar-refractivity contribution in [1.29, 1.82) is 0 Å². The van der Waals surface area contributed by atoms with Gasteiger partial charge < -0.3 is 15.0 Å². The highest BCUT2D eigenvalue weighted by molar-refractivity contribution is 6.07. The van der Waals surface area contributed by atoms with E-state index < -0.39 is 0 Å². The van der Waals surface area contributed by atoms with Gasteiger partial charge in [0.2, 0.25) is 0 Å². The molecule has 1 spiro atoms. The van der Waals surface area contributed by atoms with Crippen LogP contribution in [0.2, 0.25) is 0 Å². The van der Waals surface area contributed by atoms with Crippen molar-refractivity contribution in [3.05, 3.63) is 36.3 Å². The Labute approximate surface area is 185 Å². The lowest BCUT2D eigenvalue weighted by molar-refractivity contribution is -0.115. The molecule has 4 aromatic rings. The van der Waals surface area contributed by atoms with Crippen LogP contribution in [0.5, 0.6) is 0 Å². The zero-order valence-corrected chi connectivity index (χ0v) is 18.0. The Bertz CT molecular complexity index is 1310. The van der Waals surface area contributed by atoms with Gasteiger partial charge in [0, 0.05) is 42.9 Å². The summed E-state index contributed by atoms with van der Waals surface area (Å²) in [5.41, 5.74) is 11.5. The van der Waals surface area contributed by atoms with Crippen LogP contribution in [0.1, 0.15) is 44.0 Å². The van der Waals surface area contributed by atoms with Gasteiger partial charge in [-0.2, -0.15) is 5.10 Å². The van der Waals surface area contributed by atoms with Gasteiger partial charge in [-0.05, 0) is 50.3 Å². The molecular formula is C24H27N7O. The molecule has 0 bridgehead atoms. The highest BCUT2D eigenvalue weighted by Crippen LogP contribution is 2.41. The number of nitrogens with one attached hydrogen (secondary N) is 1. The number of rotatable bonds is 4. The second-order valence-corrected chi connectivity index (χ2v) is 9.66. The second kappa shape index (κ2) is 6.76. The summed E-state index contributed by atoms with van der Waals surface area (Å²) in [4.78, 5) is 12.3. The van der Waals surface area contributed by atoms with Crippen molar-refractivity contribution in [2.24, 2.45) is 0 Å². The van der Waals surface area contributed by atoms with E-state index in [-0.39, 0.29) is 5.60 Å². The Kier molecular flexibility index (Phi) is 3.93. The third kappa shape index (κ3) is 2.72. The topological polar surface area (TPSA) is 97.9 Å². The van der Waals surface area contributed by atoms with Crippen LogP contribution >= 0.6 is 0 Å². The number of imidazole rings is 1. The fraction of sp³-hybridized carbons (Fsp3) is 0.458. The largest absolute Gasteiger partial charge is 0.382 e. The monoisotopic (exact) mass is 429 g/mol. The smallest absolute Gasteiger partial charge is 0.152 e. The number of hydrogen-bond donors (Lipinski definition) is 2. The maximum absolute atomic E-state index is 6.46. The minimum absolute atomic E-state index is 0.101. The van der Waals surface area contributed by atoms with Gasteiger partial charge >= 0.3 is 0 Å². The van der Waals surface area contributed by atoms with Crippen LogP contribution in [-0.2, 0) is 11.3 Å². The lowest BCUT2D eigenvalue weighted by Gasteiger charge is -2.47. The molecule has 7 rings (SSSR count). The van der Waals surface area contributed by atoms with E-state index >= 15 is 0 Å². The number of H-pyrrole nitrogens is 1. The molecule has 1 saturated carbocycles. The predicted octanol–water partition coefficient (Wildman–Crippen LogP) is 3.65. The first-order chi connectivity index (χ1) is 15.7. The molecule has 3 N–H and O–H groups in total. The third-order valence-electron chi connectivity index (χ3n) is 7.55. The lowest BCUT2D eigenvalue weighted by atomic mass is 9.90. The van der Waals surface area contributed by atoms with E-state index in [0.29, 0.717) is 11.9 Å². The summed E-state index contributed by atoms with van der Waals surface area (Å²) in [6, 6.07) is 8.83. The number of nitrogens with zero attached hydrogens (tertiary/aromatic N) is 5. The molecule has 0 radical (unpaired) electrons. The third-order valence-corrected chi connectivity index (χ3v) is 7.55. The average Bonchev–Trinajstić information content (AvgIpc) is 3.47. The molecule has 8 nitrogen and oxygen atoms in total. The molecule has 2 saturated heterocycles. The molecule has 3 aliphatic rings. The molecule has 32 heavy (non-hydrogen) atoms. The highest BCUT2D eigenvalue weighted by atomic mass is 16.5. The molecule has 3 aromatic heterocycles. The van der Waals surface area contributed by atoms with E-state index in [1.54, 1.807) is 6.20 Å². The molecule has 164 valence electrons. The molecule has 0 unspecified atom stereocenters. The zero-order chi connectivity index (χ0) is 21.3. The normalized spacial score (nSPS) is 20.9. The summed E-state index contributed by atoms with van der Waals surface area (Å²) in [5, 5.41) is 8.22. The zero-order valence-electron chi connectivity index (χ0n) is 18.0. The van der Waals surface area contributed by atoms with Crippen molar-refractivity contribution in [2.75, 3.05) is 25.4 Å². The number of hydrogen-bond acceptors (Lipinski definition) is 6. The van der Waals surface area contributed by atoms with Crippen LogP contribution in [0.4, 0.5) is 5.82 Å². The number of nitrogens with two attached hydrogens (primary N) is 1. The Morgan fingerprint density at radius 3 is 2.78 bits per heavy atom. The maximum atomic E-state index is 6.46. The van der Waals surface area contributed by atoms with Gasteiger partial charge in [0.15, 0.2) is 5.82 Å². The lowest BCUT2D eigenvalue weighted by Crippen LogP contribution is -2.60. The molecule has 0 amide bonds. The van der Waals surface area contributed by atoms with Gasteiger partial charge in [0.05, 0.1) is 28.9 Å².